The van der Waals surface area contributed by atoms with E-state index in [0.29, 0.717) is 23.3 Å². The lowest BCUT2D eigenvalue weighted by atomic mass is 9.84. The Balaban J connectivity index is 1.26. The molecule has 3 aromatic carbocycles. The fraction of sp³-hybridized carbons (Fsp3) is 0.233. The van der Waals surface area contributed by atoms with Crippen LogP contribution >= 0.6 is 0 Å². The third kappa shape index (κ3) is 4.18. The average molecular weight is 460 g/mol. The van der Waals surface area contributed by atoms with Gasteiger partial charge in [-0.3, -0.25) is 0 Å². The molecule has 1 unspecified atom stereocenters. The van der Waals surface area contributed by atoms with E-state index < -0.39 is 0 Å². The summed E-state index contributed by atoms with van der Waals surface area (Å²) in [5.41, 5.74) is 14.4. The molecular formula is C30H29N5. The molecule has 2 heterocycles. The predicted molar refractivity (Wildman–Crippen MR) is 140 cm³/mol. The van der Waals surface area contributed by atoms with Crippen LogP contribution in [0.2, 0.25) is 0 Å². The van der Waals surface area contributed by atoms with Gasteiger partial charge in [0.25, 0.3) is 0 Å². The van der Waals surface area contributed by atoms with Crippen LogP contribution in [-0.2, 0) is 0 Å². The van der Waals surface area contributed by atoms with Gasteiger partial charge in [-0.25, -0.2) is 4.98 Å². The van der Waals surface area contributed by atoms with E-state index in [1.807, 2.05) is 6.07 Å². The molecule has 5 nitrogen and oxygen atoms in total. The van der Waals surface area contributed by atoms with Crippen LogP contribution in [0.1, 0.15) is 71.3 Å². The highest BCUT2D eigenvalue weighted by atomic mass is 15.3. The monoisotopic (exact) mass is 459 g/mol. The van der Waals surface area contributed by atoms with Gasteiger partial charge in [0, 0.05) is 11.8 Å². The second-order valence-electron chi connectivity index (χ2n) is 9.55. The first-order chi connectivity index (χ1) is 17.3. The van der Waals surface area contributed by atoms with Gasteiger partial charge in [0.05, 0.1) is 0 Å². The topological polar surface area (TPSA) is 80.5 Å². The second kappa shape index (κ2) is 9.34. The van der Waals surface area contributed by atoms with Gasteiger partial charge in [0.15, 0.2) is 0 Å². The Labute approximate surface area is 205 Å². The molecule has 0 saturated carbocycles. The number of H-pyrrole nitrogens is 1. The van der Waals surface area contributed by atoms with E-state index in [1.165, 1.54) is 28.7 Å². The third-order valence-electron chi connectivity index (χ3n) is 7.50. The Morgan fingerprint density at radius 3 is 2.37 bits per heavy atom. The van der Waals surface area contributed by atoms with Crippen LogP contribution in [0.4, 0.5) is 5.82 Å². The summed E-state index contributed by atoms with van der Waals surface area (Å²) in [5, 5.41) is 11.3. The Morgan fingerprint density at radius 1 is 0.857 bits per heavy atom. The number of nitrogens with one attached hydrogen (secondary N) is 1. The summed E-state index contributed by atoms with van der Waals surface area (Å²) in [7, 11) is 0. The van der Waals surface area contributed by atoms with E-state index in [9.17, 15) is 0 Å². The summed E-state index contributed by atoms with van der Waals surface area (Å²) in [4.78, 5) is 4.35. The fourth-order valence-corrected chi connectivity index (χ4v) is 5.91. The molecule has 0 spiro atoms. The Morgan fingerprint density at radius 2 is 1.57 bits per heavy atom. The average Bonchev–Trinajstić information content (AvgIpc) is 3.52. The maximum Gasteiger partial charge on any atom is 0.203 e. The first-order valence-electron chi connectivity index (χ1n) is 12.4. The molecule has 6 rings (SSSR count). The minimum absolute atomic E-state index is 0.190. The normalized spacial score (nSPS) is 17.9. The van der Waals surface area contributed by atoms with Crippen LogP contribution in [0.25, 0.3) is 11.2 Å². The van der Waals surface area contributed by atoms with Gasteiger partial charge >= 0.3 is 0 Å². The zero-order valence-electron chi connectivity index (χ0n) is 19.6. The minimum atomic E-state index is 0.190. The van der Waals surface area contributed by atoms with Crippen molar-refractivity contribution in [2.45, 2.75) is 43.4 Å². The molecule has 3 atom stereocenters. The molecule has 5 heteroatoms. The van der Waals surface area contributed by atoms with Gasteiger partial charge in [-0.05, 0) is 59.1 Å². The van der Waals surface area contributed by atoms with Crippen molar-refractivity contribution in [3.05, 3.63) is 119 Å². The van der Waals surface area contributed by atoms with E-state index >= 15 is 0 Å². The van der Waals surface area contributed by atoms with Crippen LogP contribution < -0.4 is 5.73 Å². The largest absolute Gasteiger partial charge is 0.384 e. The molecular weight excluding hydrogens is 430 g/mol. The van der Waals surface area contributed by atoms with Crippen LogP contribution in [0, 0.1) is 0 Å². The van der Waals surface area contributed by atoms with Crippen molar-refractivity contribution in [2.24, 2.45) is 0 Å². The number of rotatable bonds is 7. The molecule has 2 aromatic heterocycles. The van der Waals surface area contributed by atoms with Gasteiger partial charge in [0.1, 0.15) is 11.3 Å². The van der Waals surface area contributed by atoms with Gasteiger partial charge < -0.3 is 5.73 Å². The number of anilines is 1. The number of aromatic amines is 1. The number of pyridine rings is 1. The molecule has 5 aromatic rings. The number of aromatic nitrogens is 4. The summed E-state index contributed by atoms with van der Waals surface area (Å²) < 4.78 is 0. The van der Waals surface area contributed by atoms with Crippen molar-refractivity contribution < 1.29 is 0 Å². The van der Waals surface area contributed by atoms with Crippen molar-refractivity contribution in [2.75, 3.05) is 5.73 Å². The van der Waals surface area contributed by atoms with Gasteiger partial charge in [0.2, 0.25) is 5.65 Å². The van der Waals surface area contributed by atoms with E-state index in [-0.39, 0.29) is 5.92 Å². The van der Waals surface area contributed by atoms with Crippen molar-refractivity contribution in [3.8, 4) is 0 Å². The highest BCUT2D eigenvalue weighted by Gasteiger charge is 2.31. The van der Waals surface area contributed by atoms with Crippen LogP contribution in [0.15, 0.2) is 91.0 Å². The summed E-state index contributed by atoms with van der Waals surface area (Å²) in [6, 6.07) is 32.6. The first-order valence-corrected chi connectivity index (χ1v) is 12.4. The summed E-state index contributed by atoms with van der Waals surface area (Å²) in [5.74, 6) is 1.73. The number of hydrogen-bond acceptors (Lipinski definition) is 4. The summed E-state index contributed by atoms with van der Waals surface area (Å²) in [6.07, 6.45) is 4.47. The molecule has 35 heavy (non-hydrogen) atoms. The maximum atomic E-state index is 6.16. The second-order valence-corrected chi connectivity index (χ2v) is 9.55. The first kappa shape index (κ1) is 21.5. The lowest BCUT2D eigenvalue weighted by Gasteiger charge is -2.20. The Kier molecular flexibility index (Phi) is 5.75. The zero-order chi connectivity index (χ0) is 23.6. The molecule has 1 aliphatic rings. The van der Waals surface area contributed by atoms with Crippen molar-refractivity contribution >= 4 is 17.0 Å². The molecule has 0 fully saturated rings. The van der Waals surface area contributed by atoms with Gasteiger partial charge in [-0.15, -0.1) is 5.10 Å². The number of nitrogens with zero attached hydrogens (tertiary/aromatic N) is 3. The highest BCUT2D eigenvalue weighted by Crippen LogP contribution is 2.47. The van der Waals surface area contributed by atoms with E-state index in [4.69, 9.17) is 5.73 Å². The Hall–Kier alpha value is -3.99. The van der Waals surface area contributed by atoms with E-state index in [1.54, 1.807) is 0 Å². The quantitative estimate of drug-likeness (QED) is 0.289. The highest BCUT2D eigenvalue weighted by molar-refractivity contribution is 5.77. The van der Waals surface area contributed by atoms with Crippen molar-refractivity contribution in [1.82, 2.24) is 20.4 Å². The smallest absolute Gasteiger partial charge is 0.203 e. The van der Waals surface area contributed by atoms with Crippen LogP contribution in [-0.4, -0.2) is 20.4 Å². The number of benzene rings is 3. The number of nitrogen functional groups attached to an aromatic ring is 1. The third-order valence-corrected chi connectivity index (χ3v) is 7.50. The summed E-state index contributed by atoms with van der Waals surface area (Å²) >= 11 is 0. The van der Waals surface area contributed by atoms with Gasteiger partial charge in [-0.2, -0.15) is 10.3 Å². The van der Waals surface area contributed by atoms with E-state index in [2.05, 4.69) is 105 Å². The standard InChI is InChI=1S/C30H29N5/c31-28-19-27(29-30(32-28)34-35-33-29)23(20-10-3-1-4-11-20)17-9-14-22-18-26(21-12-5-2-6-13-21)25-16-8-7-15-24(22)25/h1-8,10-13,15-16,19,22-23,26H,9,14,17-18H2,(H3,31,32,33,34,35)/t22-,23?,26-/m0/s1. The molecule has 0 amide bonds. The lowest BCUT2D eigenvalue weighted by molar-refractivity contribution is 0.534. The molecule has 0 aliphatic heterocycles. The molecule has 0 saturated heterocycles. The lowest BCUT2D eigenvalue weighted by Crippen LogP contribution is -2.06. The van der Waals surface area contributed by atoms with Gasteiger partial charge in [-0.1, -0.05) is 91.3 Å². The SMILES string of the molecule is Nc1cc(C(CCC[C@H]2C[C@@H](c3ccccc3)c3ccccc32)c2ccccc2)c2n[nH]nc2n1. The zero-order valence-corrected chi connectivity index (χ0v) is 19.6. The van der Waals surface area contributed by atoms with Crippen molar-refractivity contribution in [3.63, 3.8) is 0 Å². The predicted octanol–water partition coefficient (Wildman–Crippen LogP) is 6.56. The Bertz CT molecular complexity index is 1430. The number of nitrogens with two attached hydrogens (primary N) is 1. The molecule has 1 aliphatic carbocycles. The number of hydrogen-bond donors (Lipinski definition) is 2. The minimum Gasteiger partial charge on any atom is -0.384 e. The maximum absolute atomic E-state index is 6.16. The molecule has 3 N–H and O–H groups in total. The molecule has 174 valence electrons. The molecule has 0 bridgehead atoms. The summed E-state index contributed by atoms with van der Waals surface area (Å²) in [6.45, 7) is 0. The van der Waals surface area contributed by atoms with Crippen LogP contribution in [0.5, 0.6) is 0 Å². The fourth-order valence-electron chi connectivity index (χ4n) is 5.91. The number of fused-ring (bicyclic) bond motifs is 2. The molecule has 0 radical (unpaired) electrons. The van der Waals surface area contributed by atoms with Crippen molar-refractivity contribution in [1.29, 1.82) is 0 Å². The van der Waals surface area contributed by atoms with E-state index in [0.717, 1.165) is 30.3 Å². The van der Waals surface area contributed by atoms with Crippen LogP contribution in [0.3, 0.4) is 0 Å².